The van der Waals surface area contributed by atoms with E-state index in [1.165, 1.54) is 0 Å². The number of aryl methyl sites for hydroxylation is 2. The van der Waals surface area contributed by atoms with E-state index in [1.54, 1.807) is 11.8 Å². The van der Waals surface area contributed by atoms with Crippen LogP contribution in [0.2, 0.25) is 0 Å². The largest absolute Gasteiger partial charge is 0.481 e. The highest BCUT2D eigenvalue weighted by molar-refractivity contribution is 14.0. The molecule has 0 bridgehead atoms. The van der Waals surface area contributed by atoms with Crippen LogP contribution in [0.5, 0.6) is 5.88 Å². The molecule has 116 valence electrons. The molecule has 0 saturated carbocycles. The molecule has 0 fully saturated rings. The molecule has 1 aromatic rings. The van der Waals surface area contributed by atoms with Gasteiger partial charge in [-0.05, 0) is 12.3 Å². The molecule has 0 aliphatic carbocycles. The van der Waals surface area contributed by atoms with Crippen molar-refractivity contribution in [2.24, 2.45) is 23.7 Å². The van der Waals surface area contributed by atoms with Gasteiger partial charge in [0.15, 0.2) is 5.96 Å². The lowest BCUT2D eigenvalue weighted by atomic mass is 10.2. The first-order chi connectivity index (χ1) is 8.99. The Balaban J connectivity index is 0.00000361. The maximum absolute atomic E-state index is 5.83. The summed E-state index contributed by atoms with van der Waals surface area (Å²) in [4.78, 5) is 4.35. The first-order valence-electron chi connectivity index (χ1n) is 6.62. The Kier molecular flexibility index (Phi) is 8.59. The lowest BCUT2D eigenvalue weighted by molar-refractivity contribution is 0.369. The Bertz CT molecular complexity index is 442. The van der Waals surface area contributed by atoms with Crippen molar-refractivity contribution in [1.29, 1.82) is 0 Å². The van der Waals surface area contributed by atoms with E-state index in [0.717, 1.165) is 30.1 Å². The average molecular weight is 395 g/mol. The van der Waals surface area contributed by atoms with Gasteiger partial charge in [-0.25, -0.2) is 9.67 Å². The minimum atomic E-state index is 0. The predicted octanol–water partition coefficient (Wildman–Crippen LogP) is 1.67. The fourth-order valence-corrected chi connectivity index (χ4v) is 1.83. The summed E-state index contributed by atoms with van der Waals surface area (Å²) in [6.07, 6.45) is 0.849. The van der Waals surface area contributed by atoms with Crippen molar-refractivity contribution < 1.29 is 4.74 Å². The van der Waals surface area contributed by atoms with Crippen LogP contribution in [0.3, 0.4) is 0 Å². The molecule has 0 unspecified atom stereocenters. The fourth-order valence-electron chi connectivity index (χ4n) is 1.83. The standard InChI is InChI=1S/C13H25N5O.HI/c1-6-11-10(12(19-5)18(4)17-11)8-16-13(14)15-7-9(2)3;/h9H,6-8H2,1-5H3,(H3,14,15,16);1H. The Morgan fingerprint density at radius 1 is 1.50 bits per heavy atom. The van der Waals surface area contributed by atoms with Gasteiger partial charge in [-0.3, -0.25) is 0 Å². The summed E-state index contributed by atoms with van der Waals surface area (Å²) in [5, 5.41) is 7.51. The van der Waals surface area contributed by atoms with Gasteiger partial charge in [0, 0.05) is 13.6 Å². The first kappa shape index (κ1) is 19.0. The lowest BCUT2D eigenvalue weighted by Gasteiger charge is -2.08. The van der Waals surface area contributed by atoms with Gasteiger partial charge in [0.1, 0.15) is 0 Å². The quantitative estimate of drug-likeness (QED) is 0.437. The zero-order valence-corrected chi connectivity index (χ0v) is 15.3. The summed E-state index contributed by atoms with van der Waals surface area (Å²) in [6, 6.07) is 0. The molecule has 1 aromatic heterocycles. The number of ether oxygens (including phenoxy) is 1. The molecule has 0 spiro atoms. The van der Waals surface area contributed by atoms with Gasteiger partial charge >= 0.3 is 0 Å². The molecule has 0 aliphatic rings. The maximum atomic E-state index is 5.83. The van der Waals surface area contributed by atoms with Crippen LogP contribution in [0.15, 0.2) is 4.99 Å². The molecule has 0 amide bonds. The fraction of sp³-hybridized carbons (Fsp3) is 0.692. The van der Waals surface area contributed by atoms with E-state index in [0.29, 0.717) is 18.4 Å². The molecular formula is C13H26IN5O. The maximum Gasteiger partial charge on any atom is 0.216 e. The van der Waals surface area contributed by atoms with E-state index in [4.69, 9.17) is 10.5 Å². The van der Waals surface area contributed by atoms with Crippen molar-refractivity contribution in [3.63, 3.8) is 0 Å². The molecule has 1 rings (SSSR count). The zero-order chi connectivity index (χ0) is 14.4. The summed E-state index contributed by atoms with van der Waals surface area (Å²) in [7, 11) is 3.51. The first-order valence-corrected chi connectivity index (χ1v) is 6.62. The van der Waals surface area contributed by atoms with Gasteiger partial charge in [0.05, 0.1) is 24.9 Å². The minimum Gasteiger partial charge on any atom is -0.481 e. The summed E-state index contributed by atoms with van der Waals surface area (Å²) < 4.78 is 7.10. The Hall–Kier alpha value is -0.990. The van der Waals surface area contributed by atoms with Crippen LogP contribution in [-0.4, -0.2) is 29.4 Å². The van der Waals surface area contributed by atoms with Crippen LogP contribution in [0.1, 0.15) is 32.0 Å². The number of guanidine groups is 1. The number of hydrogen-bond acceptors (Lipinski definition) is 3. The molecule has 20 heavy (non-hydrogen) atoms. The van der Waals surface area contributed by atoms with E-state index in [-0.39, 0.29) is 24.0 Å². The number of rotatable bonds is 6. The van der Waals surface area contributed by atoms with Crippen LogP contribution >= 0.6 is 24.0 Å². The van der Waals surface area contributed by atoms with Crippen molar-refractivity contribution in [2.75, 3.05) is 13.7 Å². The zero-order valence-electron chi connectivity index (χ0n) is 12.9. The lowest BCUT2D eigenvalue weighted by Crippen LogP contribution is -2.34. The third-order valence-electron chi connectivity index (χ3n) is 2.80. The third-order valence-corrected chi connectivity index (χ3v) is 2.80. The molecule has 0 atom stereocenters. The van der Waals surface area contributed by atoms with Crippen molar-refractivity contribution in [2.45, 2.75) is 33.7 Å². The summed E-state index contributed by atoms with van der Waals surface area (Å²) >= 11 is 0. The number of nitrogens with two attached hydrogens (primary N) is 1. The molecule has 3 N–H and O–H groups in total. The number of aromatic nitrogens is 2. The number of hydrogen-bond donors (Lipinski definition) is 2. The molecule has 1 heterocycles. The van der Waals surface area contributed by atoms with Crippen LogP contribution in [0, 0.1) is 5.92 Å². The Morgan fingerprint density at radius 3 is 2.65 bits per heavy atom. The summed E-state index contributed by atoms with van der Waals surface area (Å²) in [5.41, 5.74) is 7.83. The van der Waals surface area contributed by atoms with E-state index in [2.05, 4.69) is 36.2 Å². The highest BCUT2D eigenvalue weighted by atomic mass is 127. The number of methoxy groups -OCH3 is 1. The van der Waals surface area contributed by atoms with Crippen LogP contribution < -0.4 is 15.8 Å². The Labute approximate surface area is 138 Å². The van der Waals surface area contributed by atoms with Crippen molar-refractivity contribution in [1.82, 2.24) is 15.1 Å². The van der Waals surface area contributed by atoms with E-state index < -0.39 is 0 Å². The molecule has 6 nitrogen and oxygen atoms in total. The third kappa shape index (κ3) is 5.18. The van der Waals surface area contributed by atoms with E-state index in [9.17, 15) is 0 Å². The van der Waals surface area contributed by atoms with Crippen LogP contribution in [-0.2, 0) is 20.0 Å². The van der Waals surface area contributed by atoms with Gasteiger partial charge in [-0.1, -0.05) is 20.8 Å². The van der Waals surface area contributed by atoms with Gasteiger partial charge in [0.25, 0.3) is 0 Å². The molecule has 0 saturated heterocycles. The predicted molar refractivity (Wildman–Crippen MR) is 92.7 cm³/mol. The topological polar surface area (TPSA) is 77.5 Å². The van der Waals surface area contributed by atoms with Gasteiger partial charge < -0.3 is 15.8 Å². The van der Waals surface area contributed by atoms with Crippen molar-refractivity contribution in [3.05, 3.63) is 11.3 Å². The molecular weight excluding hydrogens is 369 g/mol. The molecule has 0 aromatic carbocycles. The Morgan fingerprint density at radius 2 is 2.15 bits per heavy atom. The monoisotopic (exact) mass is 395 g/mol. The highest BCUT2D eigenvalue weighted by Gasteiger charge is 2.15. The number of aliphatic imine (C=N–C) groups is 1. The second-order valence-electron chi connectivity index (χ2n) is 4.89. The average Bonchev–Trinajstić information content (AvgIpc) is 2.69. The molecule has 0 radical (unpaired) electrons. The van der Waals surface area contributed by atoms with Gasteiger partial charge in [0.2, 0.25) is 5.88 Å². The van der Waals surface area contributed by atoms with Crippen LogP contribution in [0.4, 0.5) is 0 Å². The molecule has 7 heteroatoms. The van der Waals surface area contributed by atoms with E-state index in [1.807, 2.05) is 7.05 Å². The highest BCUT2D eigenvalue weighted by Crippen LogP contribution is 2.22. The van der Waals surface area contributed by atoms with Gasteiger partial charge in [-0.15, -0.1) is 24.0 Å². The number of nitrogens with one attached hydrogen (secondary N) is 1. The SMILES string of the molecule is CCc1nn(C)c(OC)c1CN=C(N)NCC(C)C.I. The number of halogens is 1. The van der Waals surface area contributed by atoms with E-state index >= 15 is 0 Å². The van der Waals surface area contributed by atoms with Crippen molar-refractivity contribution in [3.8, 4) is 5.88 Å². The second-order valence-corrected chi connectivity index (χ2v) is 4.89. The van der Waals surface area contributed by atoms with Gasteiger partial charge in [-0.2, -0.15) is 5.10 Å². The minimum absolute atomic E-state index is 0. The summed E-state index contributed by atoms with van der Waals surface area (Å²) in [6.45, 7) is 7.62. The summed E-state index contributed by atoms with van der Waals surface area (Å²) in [5.74, 6) is 1.74. The van der Waals surface area contributed by atoms with Crippen LogP contribution in [0.25, 0.3) is 0 Å². The smallest absolute Gasteiger partial charge is 0.216 e. The normalized spacial score (nSPS) is 11.4. The number of nitrogens with zero attached hydrogens (tertiary/aromatic N) is 3. The van der Waals surface area contributed by atoms with Crippen molar-refractivity contribution >= 4 is 29.9 Å². The molecule has 0 aliphatic heterocycles. The second kappa shape index (κ2) is 9.04.